The normalized spacial score (nSPS) is 11.8. The van der Waals surface area contributed by atoms with E-state index in [1.165, 1.54) is 17.7 Å². The molecule has 0 aromatic heterocycles. The van der Waals surface area contributed by atoms with Gasteiger partial charge in [0.2, 0.25) is 0 Å². The molecule has 1 aromatic carbocycles. The van der Waals surface area contributed by atoms with Gasteiger partial charge in [-0.3, -0.25) is 0 Å². The number of unbranched alkanes of at least 4 members (excludes halogenated alkanes) is 2. The Hall–Kier alpha value is -2.88. The molecule has 0 heterocycles. The van der Waals surface area contributed by atoms with Gasteiger partial charge in [0.05, 0.1) is 6.04 Å². The molecule has 1 unspecified atom stereocenters. The summed E-state index contributed by atoms with van der Waals surface area (Å²) in [6.45, 7) is 32.7. The molecule has 0 aliphatic rings. The summed E-state index contributed by atoms with van der Waals surface area (Å²) in [7, 11) is 4.27. The molecule has 0 amide bonds. The molecule has 0 aliphatic carbocycles. The smallest absolute Gasteiger partial charge is 0.0716 e. The molecule has 212 valence electrons. The van der Waals surface area contributed by atoms with Crippen LogP contribution in [0, 0.1) is 5.41 Å². The third-order valence-electron chi connectivity index (χ3n) is 7.71. The highest BCUT2D eigenvalue weighted by Gasteiger charge is 2.21. The van der Waals surface area contributed by atoms with E-state index in [1.807, 2.05) is 6.92 Å². The monoisotopic (exact) mass is 520 g/mol. The van der Waals surface area contributed by atoms with Gasteiger partial charge < -0.3 is 20.4 Å². The van der Waals surface area contributed by atoms with Crippen molar-refractivity contribution < 1.29 is 0 Å². The van der Waals surface area contributed by atoms with Gasteiger partial charge >= 0.3 is 0 Å². The van der Waals surface area contributed by atoms with Crippen LogP contribution in [0.1, 0.15) is 71.8 Å². The molecule has 1 aromatic rings. The van der Waals surface area contributed by atoms with Gasteiger partial charge in [-0.15, -0.1) is 0 Å². The van der Waals surface area contributed by atoms with Crippen LogP contribution in [0.3, 0.4) is 0 Å². The lowest BCUT2D eigenvalue weighted by Crippen LogP contribution is -2.39. The number of nitrogens with zero attached hydrogens (tertiary/aromatic N) is 2. The van der Waals surface area contributed by atoms with Gasteiger partial charge in [-0.2, -0.15) is 0 Å². The fraction of sp³-hybridized carbons (Fsp3) is 0.529. The van der Waals surface area contributed by atoms with E-state index in [9.17, 15) is 0 Å². The molecule has 0 saturated carbocycles. The number of nitrogens with one attached hydrogen (secondary N) is 2. The standard InChI is InChI=1S/C34H56N4/c1-12-34(8,9)31(7)35-23-18-14-15-19-28(4)37(10)24-22-29(5)38(11)33(30(6)36-26-27(2)3)25-32-20-16-13-17-21-32/h13,16-17,20-21,33,35-36H,2,4-7,12,14-15,18-19,22-26H2,1,3,8-11H3. The Morgan fingerprint density at radius 3 is 2.16 bits per heavy atom. The number of rotatable bonds is 21. The zero-order valence-electron chi connectivity index (χ0n) is 25.5. The van der Waals surface area contributed by atoms with Crippen molar-refractivity contribution in [3.63, 3.8) is 0 Å². The molecule has 0 fully saturated rings. The summed E-state index contributed by atoms with van der Waals surface area (Å²) in [5.41, 5.74) is 6.97. The first-order valence-electron chi connectivity index (χ1n) is 14.2. The molecular formula is C34H56N4. The average molecular weight is 521 g/mol. The summed E-state index contributed by atoms with van der Waals surface area (Å²) in [6, 6.07) is 10.7. The van der Waals surface area contributed by atoms with Crippen molar-refractivity contribution in [1.82, 2.24) is 20.4 Å². The molecule has 0 bridgehead atoms. The molecule has 2 N–H and O–H groups in total. The lowest BCUT2D eigenvalue weighted by Gasteiger charge is -2.34. The number of benzene rings is 1. The van der Waals surface area contributed by atoms with Gasteiger partial charge in [-0.05, 0) is 44.6 Å². The maximum Gasteiger partial charge on any atom is 0.0716 e. The van der Waals surface area contributed by atoms with Crippen molar-refractivity contribution in [2.45, 2.75) is 78.7 Å². The van der Waals surface area contributed by atoms with Gasteiger partial charge in [-0.25, -0.2) is 0 Å². The van der Waals surface area contributed by atoms with Crippen LogP contribution in [0.15, 0.2) is 91.6 Å². The van der Waals surface area contributed by atoms with E-state index in [1.54, 1.807) is 0 Å². The van der Waals surface area contributed by atoms with Crippen molar-refractivity contribution in [3.05, 3.63) is 97.2 Å². The lowest BCUT2D eigenvalue weighted by molar-refractivity contribution is 0.302. The van der Waals surface area contributed by atoms with E-state index in [4.69, 9.17) is 0 Å². The predicted molar refractivity (Wildman–Crippen MR) is 169 cm³/mol. The Labute approximate surface area is 235 Å². The van der Waals surface area contributed by atoms with Gasteiger partial charge in [0.1, 0.15) is 0 Å². The van der Waals surface area contributed by atoms with Crippen LogP contribution in [-0.4, -0.2) is 49.6 Å². The topological polar surface area (TPSA) is 30.5 Å². The maximum absolute atomic E-state index is 4.43. The molecule has 38 heavy (non-hydrogen) atoms. The van der Waals surface area contributed by atoms with Crippen molar-refractivity contribution >= 4 is 0 Å². The Morgan fingerprint density at radius 1 is 0.895 bits per heavy atom. The van der Waals surface area contributed by atoms with Crippen molar-refractivity contribution in [2.24, 2.45) is 5.41 Å². The summed E-state index contributed by atoms with van der Waals surface area (Å²) in [4.78, 5) is 4.56. The number of allylic oxidation sites excluding steroid dienone is 2. The van der Waals surface area contributed by atoms with Crippen LogP contribution < -0.4 is 10.6 Å². The van der Waals surface area contributed by atoms with Crippen molar-refractivity contribution in [1.29, 1.82) is 0 Å². The summed E-state index contributed by atoms with van der Waals surface area (Å²) < 4.78 is 0. The number of hydrogen-bond acceptors (Lipinski definition) is 4. The zero-order valence-corrected chi connectivity index (χ0v) is 25.5. The highest BCUT2D eigenvalue weighted by Crippen LogP contribution is 2.26. The molecule has 0 aliphatic heterocycles. The lowest BCUT2D eigenvalue weighted by atomic mass is 9.87. The van der Waals surface area contributed by atoms with E-state index in [-0.39, 0.29) is 11.5 Å². The SMILES string of the molecule is C=C(C)CNC(=C)C(Cc1ccccc1)N(C)C(=C)CCN(C)C(=C)CCCCCNC(=C)C(C)(C)CC. The largest absolute Gasteiger partial charge is 0.388 e. The molecule has 4 nitrogen and oxygen atoms in total. The van der Waals surface area contributed by atoms with Crippen LogP contribution >= 0.6 is 0 Å². The predicted octanol–water partition coefficient (Wildman–Crippen LogP) is 7.66. The third-order valence-corrected chi connectivity index (χ3v) is 7.71. The molecular weight excluding hydrogens is 464 g/mol. The van der Waals surface area contributed by atoms with Crippen LogP contribution in [-0.2, 0) is 6.42 Å². The van der Waals surface area contributed by atoms with Crippen LogP contribution in [0.25, 0.3) is 0 Å². The minimum absolute atomic E-state index is 0.116. The van der Waals surface area contributed by atoms with Gasteiger partial charge in [-0.1, -0.05) is 96.0 Å². The fourth-order valence-corrected chi connectivity index (χ4v) is 4.08. The van der Waals surface area contributed by atoms with Crippen LogP contribution in [0.4, 0.5) is 0 Å². The Morgan fingerprint density at radius 2 is 1.55 bits per heavy atom. The van der Waals surface area contributed by atoms with Crippen molar-refractivity contribution in [2.75, 3.05) is 33.7 Å². The summed E-state index contributed by atoms with van der Waals surface area (Å²) in [5.74, 6) is 0. The molecule has 4 heteroatoms. The Balaban J connectivity index is 2.50. The van der Waals surface area contributed by atoms with Gasteiger partial charge in [0.25, 0.3) is 0 Å². The Kier molecular flexibility index (Phi) is 14.7. The van der Waals surface area contributed by atoms with E-state index >= 15 is 0 Å². The third kappa shape index (κ3) is 12.1. The highest BCUT2D eigenvalue weighted by atomic mass is 15.2. The van der Waals surface area contributed by atoms with Crippen LogP contribution in [0.5, 0.6) is 0 Å². The molecule has 0 spiro atoms. The van der Waals surface area contributed by atoms with Crippen LogP contribution in [0.2, 0.25) is 0 Å². The fourth-order valence-electron chi connectivity index (χ4n) is 4.08. The first kappa shape index (κ1) is 33.1. The number of likely N-dealkylation sites (N-methyl/N-ethyl adjacent to an activating group) is 1. The minimum atomic E-state index is 0.116. The minimum Gasteiger partial charge on any atom is -0.388 e. The summed E-state index contributed by atoms with van der Waals surface area (Å²) in [6.07, 6.45) is 7.38. The second-order valence-electron chi connectivity index (χ2n) is 11.4. The average Bonchev–Trinajstić information content (AvgIpc) is 2.90. The highest BCUT2D eigenvalue weighted by molar-refractivity contribution is 5.21. The summed E-state index contributed by atoms with van der Waals surface area (Å²) >= 11 is 0. The van der Waals surface area contributed by atoms with E-state index in [2.05, 4.69) is 119 Å². The summed E-state index contributed by atoms with van der Waals surface area (Å²) in [5, 5.41) is 6.98. The quantitative estimate of drug-likeness (QED) is 0.129. The van der Waals surface area contributed by atoms with Crippen molar-refractivity contribution in [3.8, 4) is 0 Å². The second-order valence-corrected chi connectivity index (χ2v) is 11.4. The molecule has 1 rings (SSSR count). The zero-order chi connectivity index (χ0) is 28.7. The molecule has 0 radical (unpaired) electrons. The van der Waals surface area contributed by atoms with Gasteiger partial charge in [0, 0.05) is 68.4 Å². The van der Waals surface area contributed by atoms with E-state index < -0.39 is 0 Å². The maximum atomic E-state index is 4.43. The van der Waals surface area contributed by atoms with E-state index in [0.717, 1.165) is 80.8 Å². The number of hydrogen-bond donors (Lipinski definition) is 2. The molecule has 0 saturated heterocycles. The second kappa shape index (κ2) is 16.9. The molecule has 1 atom stereocenters. The first-order chi connectivity index (χ1) is 17.9. The van der Waals surface area contributed by atoms with E-state index in [0.29, 0.717) is 0 Å². The first-order valence-corrected chi connectivity index (χ1v) is 14.2. The van der Waals surface area contributed by atoms with Gasteiger partial charge in [0.15, 0.2) is 0 Å². The Bertz CT molecular complexity index is 912.